The number of aliphatic carboxylic acids is 1. The fourth-order valence-electron chi connectivity index (χ4n) is 2.41. The van der Waals surface area contributed by atoms with Crippen molar-refractivity contribution >= 4 is 27.9 Å². The van der Waals surface area contributed by atoms with E-state index >= 15 is 0 Å². The lowest BCUT2D eigenvalue weighted by atomic mass is 10.0. The van der Waals surface area contributed by atoms with Crippen LogP contribution in [0, 0.1) is 6.92 Å². The van der Waals surface area contributed by atoms with Crippen LogP contribution in [0.5, 0.6) is 0 Å². The van der Waals surface area contributed by atoms with E-state index in [0.717, 1.165) is 33.1 Å². The van der Waals surface area contributed by atoms with E-state index in [1.807, 2.05) is 43.3 Å². The van der Waals surface area contributed by atoms with E-state index in [1.54, 1.807) is 0 Å². The minimum atomic E-state index is -0.829. The van der Waals surface area contributed by atoms with Gasteiger partial charge in [0.1, 0.15) is 11.2 Å². The van der Waals surface area contributed by atoms with Gasteiger partial charge in [0.2, 0.25) is 0 Å². The molecule has 0 aliphatic carbocycles. The van der Waals surface area contributed by atoms with Gasteiger partial charge in [-0.3, -0.25) is 4.79 Å². The molecular weight excluding hydrogens is 228 g/mol. The van der Waals surface area contributed by atoms with Gasteiger partial charge in [-0.25, -0.2) is 0 Å². The summed E-state index contributed by atoms with van der Waals surface area (Å²) in [5, 5.41) is 11.0. The van der Waals surface area contributed by atoms with Crippen LogP contribution in [0.25, 0.3) is 21.9 Å². The van der Waals surface area contributed by atoms with E-state index in [0.29, 0.717) is 0 Å². The first kappa shape index (κ1) is 10.8. The molecule has 0 spiro atoms. The second kappa shape index (κ2) is 3.88. The molecule has 0 bridgehead atoms. The van der Waals surface area contributed by atoms with E-state index in [2.05, 4.69) is 0 Å². The molecule has 0 saturated carbocycles. The topological polar surface area (TPSA) is 50.4 Å². The molecule has 3 aromatic rings. The van der Waals surface area contributed by atoms with E-state index in [9.17, 15) is 4.79 Å². The Kier molecular flexibility index (Phi) is 2.33. The predicted molar refractivity (Wildman–Crippen MR) is 69.8 cm³/mol. The second-order valence-electron chi connectivity index (χ2n) is 4.45. The molecule has 0 unspecified atom stereocenters. The summed E-state index contributed by atoms with van der Waals surface area (Å²) in [6, 6.07) is 11.6. The molecule has 1 N–H and O–H groups in total. The molecule has 3 rings (SSSR count). The molecule has 0 saturated heterocycles. The zero-order chi connectivity index (χ0) is 12.7. The third-order valence-corrected chi connectivity index (χ3v) is 3.09. The standard InChI is InChI=1S/C15H12O3/c1-9-6-10(8-14(16)17)7-13-15(9)11-4-2-3-5-12(11)18-13/h2-7H,8H2,1H3,(H,16,17). The van der Waals surface area contributed by atoms with Gasteiger partial charge in [0.25, 0.3) is 0 Å². The maximum atomic E-state index is 10.8. The van der Waals surface area contributed by atoms with Gasteiger partial charge in [-0.1, -0.05) is 24.3 Å². The molecule has 0 atom stereocenters. The molecule has 1 heterocycles. The molecule has 0 radical (unpaired) electrons. The number of furan rings is 1. The number of aryl methyl sites for hydroxylation is 1. The van der Waals surface area contributed by atoms with Crippen molar-refractivity contribution in [2.24, 2.45) is 0 Å². The summed E-state index contributed by atoms with van der Waals surface area (Å²) in [4.78, 5) is 10.8. The number of carboxylic acid groups (broad SMARTS) is 1. The Hall–Kier alpha value is -2.29. The van der Waals surface area contributed by atoms with Gasteiger partial charge in [-0.15, -0.1) is 0 Å². The van der Waals surface area contributed by atoms with Gasteiger partial charge in [0.05, 0.1) is 6.42 Å². The normalized spacial score (nSPS) is 11.2. The lowest BCUT2D eigenvalue weighted by Gasteiger charge is -2.01. The summed E-state index contributed by atoms with van der Waals surface area (Å²) in [5.41, 5.74) is 3.41. The lowest BCUT2D eigenvalue weighted by Crippen LogP contribution is -2.00. The average Bonchev–Trinajstić information content (AvgIpc) is 2.66. The smallest absolute Gasteiger partial charge is 0.307 e. The zero-order valence-corrected chi connectivity index (χ0v) is 9.93. The van der Waals surface area contributed by atoms with E-state index in [4.69, 9.17) is 9.52 Å². The number of benzene rings is 2. The molecule has 18 heavy (non-hydrogen) atoms. The summed E-state index contributed by atoms with van der Waals surface area (Å²) in [7, 11) is 0. The maximum absolute atomic E-state index is 10.8. The van der Waals surface area contributed by atoms with E-state index in [-0.39, 0.29) is 6.42 Å². The molecule has 0 amide bonds. The van der Waals surface area contributed by atoms with Crippen molar-refractivity contribution in [2.45, 2.75) is 13.3 Å². The van der Waals surface area contributed by atoms with Crippen LogP contribution < -0.4 is 0 Å². The zero-order valence-electron chi connectivity index (χ0n) is 9.93. The van der Waals surface area contributed by atoms with Crippen LogP contribution in [-0.2, 0) is 11.2 Å². The average molecular weight is 240 g/mol. The summed E-state index contributed by atoms with van der Waals surface area (Å²) in [6.07, 6.45) is 0.0217. The number of para-hydroxylation sites is 1. The van der Waals surface area contributed by atoms with Crippen molar-refractivity contribution < 1.29 is 14.3 Å². The predicted octanol–water partition coefficient (Wildman–Crippen LogP) is 3.52. The van der Waals surface area contributed by atoms with Crippen LogP contribution in [0.2, 0.25) is 0 Å². The molecule has 0 fully saturated rings. The Morgan fingerprint density at radius 2 is 2.00 bits per heavy atom. The highest BCUT2D eigenvalue weighted by molar-refractivity contribution is 6.06. The van der Waals surface area contributed by atoms with Gasteiger partial charge < -0.3 is 9.52 Å². The summed E-state index contributed by atoms with van der Waals surface area (Å²) >= 11 is 0. The number of fused-ring (bicyclic) bond motifs is 3. The highest BCUT2D eigenvalue weighted by Gasteiger charge is 2.11. The van der Waals surface area contributed by atoms with Gasteiger partial charge >= 0.3 is 5.97 Å². The SMILES string of the molecule is Cc1cc(CC(=O)O)cc2oc3ccccc3c12. The number of carbonyl (C=O) groups is 1. The molecule has 0 aliphatic rings. The minimum Gasteiger partial charge on any atom is -0.481 e. The number of rotatable bonds is 2. The Morgan fingerprint density at radius 1 is 1.22 bits per heavy atom. The van der Waals surface area contributed by atoms with E-state index < -0.39 is 5.97 Å². The third-order valence-electron chi connectivity index (χ3n) is 3.09. The van der Waals surface area contributed by atoms with Gasteiger partial charge in [-0.05, 0) is 30.2 Å². The van der Waals surface area contributed by atoms with Gasteiger partial charge in [-0.2, -0.15) is 0 Å². The molecule has 1 aromatic heterocycles. The van der Waals surface area contributed by atoms with Crippen molar-refractivity contribution in [1.82, 2.24) is 0 Å². The second-order valence-corrected chi connectivity index (χ2v) is 4.45. The summed E-state index contributed by atoms with van der Waals surface area (Å²) in [5.74, 6) is -0.829. The number of carboxylic acids is 1. The fourth-order valence-corrected chi connectivity index (χ4v) is 2.41. The third kappa shape index (κ3) is 1.64. The van der Waals surface area contributed by atoms with Crippen LogP contribution in [0.1, 0.15) is 11.1 Å². The van der Waals surface area contributed by atoms with Crippen molar-refractivity contribution in [1.29, 1.82) is 0 Å². The largest absolute Gasteiger partial charge is 0.481 e. The highest BCUT2D eigenvalue weighted by atomic mass is 16.4. The van der Waals surface area contributed by atoms with E-state index in [1.165, 1.54) is 0 Å². The Morgan fingerprint density at radius 3 is 2.78 bits per heavy atom. The highest BCUT2D eigenvalue weighted by Crippen LogP contribution is 2.31. The van der Waals surface area contributed by atoms with Crippen LogP contribution in [-0.4, -0.2) is 11.1 Å². The molecule has 2 aromatic carbocycles. The quantitative estimate of drug-likeness (QED) is 0.745. The first-order valence-corrected chi connectivity index (χ1v) is 5.78. The Labute approximate surface area is 104 Å². The van der Waals surface area contributed by atoms with Crippen molar-refractivity contribution in [3.05, 3.63) is 47.5 Å². The van der Waals surface area contributed by atoms with Gasteiger partial charge in [0, 0.05) is 10.8 Å². The monoisotopic (exact) mass is 240 g/mol. The van der Waals surface area contributed by atoms with Crippen molar-refractivity contribution in [2.75, 3.05) is 0 Å². The van der Waals surface area contributed by atoms with Crippen LogP contribution in [0.3, 0.4) is 0 Å². The van der Waals surface area contributed by atoms with Crippen LogP contribution in [0.15, 0.2) is 40.8 Å². The first-order valence-electron chi connectivity index (χ1n) is 5.78. The molecule has 3 heteroatoms. The van der Waals surface area contributed by atoms with Crippen LogP contribution in [0.4, 0.5) is 0 Å². The molecule has 3 nitrogen and oxygen atoms in total. The van der Waals surface area contributed by atoms with Crippen molar-refractivity contribution in [3.8, 4) is 0 Å². The number of hydrogen-bond acceptors (Lipinski definition) is 2. The molecular formula is C15H12O3. The van der Waals surface area contributed by atoms with Gasteiger partial charge in [0.15, 0.2) is 0 Å². The van der Waals surface area contributed by atoms with Crippen molar-refractivity contribution in [3.63, 3.8) is 0 Å². The number of hydrogen-bond donors (Lipinski definition) is 1. The Balaban J connectivity index is 2.31. The fraction of sp³-hybridized carbons (Fsp3) is 0.133. The maximum Gasteiger partial charge on any atom is 0.307 e. The first-order chi connectivity index (χ1) is 8.65. The molecule has 0 aliphatic heterocycles. The lowest BCUT2D eigenvalue weighted by molar-refractivity contribution is -0.136. The molecule has 90 valence electrons. The Bertz CT molecular complexity index is 753. The minimum absolute atomic E-state index is 0.0217. The van der Waals surface area contributed by atoms with Crippen LogP contribution >= 0.6 is 0 Å². The summed E-state index contributed by atoms with van der Waals surface area (Å²) < 4.78 is 5.76. The summed E-state index contributed by atoms with van der Waals surface area (Å²) in [6.45, 7) is 1.98.